The van der Waals surface area contributed by atoms with Crippen LogP contribution in [-0.4, -0.2) is 45.4 Å². The Labute approximate surface area is 139 Å². The second kappa shape index (κ2) is 6.46. The lowest BCUT2D eigenvalue weighted by Gasteiger charge is -2.19. The van der Waals surface area contributed by atoms with Crippen LogP contribution in [0.4, 0.5) is 23.9 Å². The van der Waals surface area contributed by atoms with E-state index in [1.165, 1.54) is 0 Å². The maximum Gasteiger partial charge on any atom is 0.404 e. The molecule has 1 amide bonds. The van der Waals surface area contributed by atoms with Gasteiger partial charge in [0.25, 0.3) is 0 Å². The van der Waals surface area contributed by atoms with Crippen molar-refractivity contribution in [3.63, 3.8) is 0 Å². The summed E-state index contributed by atoms with van der Waals surface area (Å²) in [5, 5.41) is 20.5. The average molecular weight is 354 g/mol. The smallest absolute Gasteiger partial charge is 0.404 e. The van der Waals surface area contributed by atoms with E-state index in [0.717, 1.165) is 18.5 Å². The largest absolute Gasteiger partial charge is 0.505 e. The van der Waals surface area contributed by atoms with Gasteiger partial charge in [-0.15, -0.1) is 0 Å². The highest BCUT2D eigenvalue weighted by Crippen LogP contribution is 2.32. The molecule has 10 heteroatoms. The predicted molar refractivity (Wildman–Crippen MR) is 79.9 cm³/mol. The molecule has 25 heavy (non-hydrogen) atoms. The molecule has 0 saturated carbocycles. The lowest BCUT2D eigenvalue weighted by Crippen LogP contribution is -2.39. The van der Waals surface area contributed by atoms with E-state index in [1.54, 1.807) is 4.90 Å². The number of aromatic hydroxyl groups is 1. The Hall–Kier alpha value is -3.04. The summed E-state index contributed by atoms with van der Waals surface area (Å²) in [6.07, 6.45) is 0.993. The number of nitrogens with zero attached hydrogens (tertiary/aromatic N) is 3. The first-order chi connectivity index (χ1) is 11.8. The molecule has 1 saturated heterocycles. The number of carboxylic acid groups (broad SMARTS) is 1. The van der Waals surface area contributed by atoms with Crippen molar-refractivity contribution < 1.29 is 28.2 Å². The first kappa shape index (κ1) is 16.8. The van der Waals surface area contributed by atoms with Crippen LogP contribution in [0, 0.1) is 17.5 Å². The Morgan fingerprint density at radius 1 is 1.12 bits per heavy atom. The van der Waals surface area contributed by atoms with Crippen LogP contribution in [0.3, 0.4) is 0 Å². The zero-order valence-electron chi connectivity index (χ0n) is 12.7. The van der Waals surface area contributed by atoms with Gasteiger partial charge in [0, 0.05) is 25.1 Å². The molecule has 1 aromatic heterocycles. The van der Waals surface area contributed by atoms with Gasteiger partial charge in [0.2, 0.25) is 5.95 Å². The monoisotopic (exact) mass is 354 g/mol. The van der Waals surface area contributed by atoms with Gasteiger partial charge in [-0.1, -0.05) is 0 Å². The van der Waals surface area contributed by atoms with E-state index in [9.17, 15) is 23.1 Å². The quantitative estimate of drug-likeness (QED) is 0.728. The topological polar surface area (TPSA) is 98.6 Å². The van der Waals surface area contributed by atoms with Gasteiger partial charge in [0.15, 0.2) is 17.4 Å². The standard InChI is InChI=1S/C15H13F3N4O3/c16-10-2-12(18)11(17)1-8(10)9-5-22(6-13(9)21-15(24)25)14-19-3-7(23)4-20-14/h1-4,9,13,21,23H,5-6H2,(H,24,25)/t9-,13+/m1/s1. The Balaban J connectivity index is 1.94. The van der Waals surface area contributed by atoms with E-state index < -0.39 is 35.5 Å². The van der Waals surface area contributed by atoms with Gasteiger partial charge in [0.05, 0.1) is 18.4 Å². The molecule has 1 aromatic carbocycles. The maximum atomic E-state index is 14.1. The highest BCUT2D eigenvalue weighted by Gasteiger charge is 2.38. The first-order valence-corrected chi connectivity index (χ1v) is 7.25. The molecule has 0 spiro atoms. The summed E-state index contributed by atoms with van der Waals surface area (Å²) in [6, 6.07) is 0.379. The molecule has 0 aliphatic carbocycles. The normalized spacial score (nSPS) is 19.9. The highest BCUT2D eigenvalue weighted by atomic mass is 19.2. The molecule has 1 aliphatic heterocycles. The zero-order valence-corrected chi connectivity index (χ0v) is 12.7. The van der Waals surface area contributed by atoms with Crippen LogP contribution in [0.25, 0.3) is 0 Å². The number of anilines is 1. The highest BCUT2D eigenvalue weighted by molar-refractivity contribution is 5.65. The van der Waals surface area contributed by atoms with Gasteiger partial charge in [0.1, 0.15) is 5.82 Å². The van der Waals surface area contributed by atoms with Crippen LogP contribution in [0.2, 0.25) is 0 Å². The number of halogens is 3. The number of carbonyl (C=O) groups is 1. The van der Waals surface area contributed by atoms with E-state index in [4.69, 9.17) is 5.11 Å². The van der Waals surface area contributed by atoms with Crippen LogP contribution >= 0.6 is 0 Å². The minimum Gasteiger partial charge on any atom is -0.505 e. The zero-order chi connectivity index (χ0) is 18.1. The van der Waals surface area contributed by atoms with Crippen molar-refractivity contribution in [3.05, 3.63) is 47.5 Å². The third-order valence-electron chi connectivity index (χ3n) is 3.98. The van der Waals surface area contributed by atoms with Gasteiger partial charge in [-0.2, -0.15) is 0 Å². The third kappa shape index (κ3) is 3.42. The Bertz CT molecular complexity index is 803. The van der Waals surface area contributed by atoms with Crippen molar-refractivity contribution in [2.24, 2.45) is 0 Å². The Morgan fingerprint density at radius 2 is 1.76 bits per heavy atom. The average Bonchev–Trinajstić information content (AvgIpc) is 2.94. The van der Waals surface area contributed by atoms with Gasteiger partial charge < -0.3 is 20.4 Å². The van der Waals surface area contributed by atoms with Crippen LogP contribution in [-0.2, 0) is 0 Å². The number of hydrogen-bond acceptors (Lipinski definition) is 5. The fourth-order valence-electron chi connectivity index (χ4n) is 2.89. The molecular formula is C15H13F3N4O3. The minimum atomic E-state index is -1.33. The van der Waals surface area contributed by atoms with E-state index in [0.29, 0.717) is 6.07 Å². The van der Waals surface area contributed by atoms with Gasteiger partial charge in [-0.3, -0.25) is 0 Å². The third-order valence-corrected chi connectivity index (χ3v) is 3.98. The lowest BCUT2D eigenvalue weighted by atomic mass is 9.93. The van der Waals surface area contributed by atoms with Gasteiger partial charge in [-0.25, -0.2) is 27.9 Å². The second-order valence-electron chi connectivity index (χ2n) is 5.60. The molecule has 0 radical (unpaired) electrons. The maximum absolute atomic E-state index is 14.1. The number of nitrogens with one attached hydrogen (secondary N) is 1. The Morgan fingerprint density at radius 3 is 2.40 bits per heavy atom. The fraction of sp³-hybridized carbons (Fsp3) is 0.267. The molecule has 3 N–H and O–H groups in total. The summed E-state index contributed by atoms with van der Waals surface area (Å²) in [5.41, 5.74) is -0.140. The van der Waals surface area contributed by atoms with Crippen molar-refractivity contribution in [1.82, 2.24) is 15.3 Å². The lowest BCUT2D eigenvalue weighted by molar-refractivity contribution is 0.189. The molecule has 7 nitrogen and oxygen atoms in total. The van der Waals surface area contributed by atoms with E-state index >= 15 is 0 Å². The number of aromatic nitrogens is 2. The Kier molecular flexibility index (Phi) is 4.34. The summed E-state index contributed by atoms with van der Waals surface area (Å²) < 4.78 is 40.8. The van der Waals surface area contributed by atoms with Crippen molar-refractivity contribution in [2.45, 2.75) is 12.0 Å². The van der Waals surface area contributed by atoms with Crippen molar-refractivity contribution in [1.29, 1.82) is 0 Å². The van der Waals surface area contributed by atoms with Crippen LogP contribution in [0.1, 0.15) is 11.5 Å². The summed E-state index contributed by atoms with van der Waals surface area (Å²) >= 11 is 0. The molecule has 0 bridgehead atoms. The van der Waals surface area contributed by atoms with Gasteiger partial charge >= 0.3 is 6.09 Å². The molecule has 1 aliphatic rings. The second-order valence-corrected chi connectivity index (χ2v) is 5.60. The van der Waals surface area contributed by atoms with E-state index in [1.807, 2.05) is 0 Å². The van der Waals surface area contributed by atoms with Crippen molar-refractivity contribution >= 4 is 12.0 Å². The molecule has 2 aromatic rings. The van der Waals surface area contributed by atoms with Crippen molar-refractivity contribution in [3.8, 4) is 5.75 Å². The number of benzene rings is 1. The number of amides is 1. The number of rotatable bonds is 3. The van der Waals surface area contributed by atoms with Crippen LogP contribution in [0.5, 0.6) is 5.75 Å². The van der Waals surface area contributed by atoms with E-state index in [2.05, 4.69) is 15.3 Å². The molecule has 132 valence electrons. The summed E-state index contributed by atoms with van der Waals surface area (Å²) in [6.45, 7) is 0.178. The fourth-order valence-corrected chi connectivity index (χ4v) is 2.89. The molecule has 0 unspecified atom stereocenters. The summed E-state index contributed by atoms with van der Waals surface area (Å²) in [4.78, 5) is 20.4. The molecule has 1 fully saturated rings. The number of hydrogen-bond donors (Lipinski definition) is 3. The minimum absolute atomic E-state index is 0.0811. The molecule has 2 atom stereocenters. The summed E-state index contributed by atoms with van der Waals surface area (Å²) in [7, 11) is 0. The molecular weight excluding hydrogens is 341 g/mol. The van der Waals surface area contributed by atoms with Crippen LogP contribution in [0.15, 0.2) is 24.5 Å². The predicted octanol–water partition coefficient (Wildman–Crippen LogP) is 1.84. The summed E-state index contributed by atoms with van der Waals surface area (Å²) in [5.74, 6) is -4.23. The molecule has 2 heterocycles. The first-order valence-electron chi connectivity index (χ1n) is 7.25. The molecule has 3 rings (SSSR count). The van der Waals surface area contributed by atoms with E-state index in [-0.39, 0.29) is 30.4 Å². The van der Waals surface area contributed by atoms with Crippen LogP contribution < -0.4 is 10.2 Å². The SMILES string of the molecule is O=C(O)N[C@H]1CN(c2ncc(O)cn2)C[C@@H]1c1cc(F)c(F)cc1F. The van der Waals surface area contributed by atoms with Crippen molar-refractivity contribution in [2.75, 3.05) is 18.0 Å². The van der Waals surface area contributed by atoms with Gasteiger partial charge in [-0.05, 0) is 11.6 Å².